The molecule has 5 heteroatoms. The van der Waals surface area contributed by atoms with Gasteiger partial charge in [-0.1, -0.05) is 0 Å². The fourth-order valence-corrected chi connectivity index (χ4v) is 0.203. The third-order valence-corrected chi connectivity index (χ3v) is 0.470. The Labute approximate surface area is 59.4 Å². The first-order valence-corrected chi connectivity index (χ1v) is 2.24. The molecule has 0 amide bonds. The van der Waals surface area contributed by atoms with Crippen LogP contribution in [0.3, 0.4) is 0 Å². The molecule has 0 rings (SSSR count). The first kappa shape index (κ1) is 11.3. The Morgan fingerprint density at radius 3 is 2.44 bits per heavy atom. The third kappa shape index (κ3) is 11.2. The minimum Gasteiger partial charge on any atom is -0.450 e. The predicted molar refractivity (Wildman–Crippen MR) is 34.9 cm³/mol. The summed E-state index contributed by atoms with van der Waals surface area (Å²) in [7, 11) is 0. The van der Waals surface area contributed by atoms with Gasteiger partial charge in [-0.15, -0.1) is 12.4 Å². The molecule has 0 aromatic rings. The average Bonchev–Trinajstić information content (AvgIpc) is 1.61. The lowest BCUT2D eigenvalue weighted by Crippen LogP contribution is -2.23. The van der Waals surface area contributed by atoms with Crippen LogP contribution in [0.2, 0.25) is 0 Å². The van der Waals surface area contributed by atoms with Crippen LogP contribution >= 0.6 is 12.4 Å². The number of carbonyl (C=O) groups is 1. The first-order chi connectivity index (χ1) is 3.63. The maximum absolute atomic E-state index is 9.63. The summed E-state index contributed by atoms with van der Waals surface area (Å²) in [4.78, 5) is 9.63. The van der Waals surface area contributed by atoms with Gasteiger partial charge in [0.1, 0.15) is 6.61 Å². The highest BCUT2D eigenvalue weighted by Gasteiger charge is 1.97. The normalized spacial score (nSPS) is 11.3. The van der Waals surface area contributed by atoms with Crippen molar-refractivity contribution in [3.63, 3.8) is 0 Å². The maximum Gasteiger partial charge on any atom is 0.505 e. The Morgan fingerprint density at radius 2 is 2.33 bits per heavy atom. The number of carboxylic acid groups (broad SMARTS) is 1. The highest BCUT2D eigenvalue weighted by atomic mass is 35.5. The number of ether oxygens (including phenoxy) is 1. The minimum atomic E-state index is -1.28. The summed E-state index contributed by atoms with van der Waals surface area (Å²) in [5, 5.41) is 7.88. The molecule has 0 spiro atoms. The van der Waals surface area contributed by atoms with E-state index >= 15 is 0 Å². The number of rotatable bonds is 2. The van der Waals surface area contributed by atoms with E-state index in [1.165, 1.54) is 0 Å². The molecule has 3 N–H and O–H groups in total. The number of halogens is 1. The Bertz CT molecular complexity index is 85.9. The lowest BCUT2D eigenvalue weighted by molar-refractivity contribution is 0.0877. The Kier molecular flexibility index (Phi) is 7.12. The van der Waals surface area contributed by atoms with E-state index in [9.17, 15) is 4.79 Å². The molecule has 0 fully saturated rings. The van der Waals surface area contributed by atoms with Gasteiger partial charge in [0.25, 0.3) is 0 Å². The molecular formula is C4H10ClNO3. The molecule has 0 heterocycles. The molecule has 56 valence electrons. The van der Waals surface area contributed by atoms with Gasteiger partial charge in [0.15, 0.2) is 0 Å². The van der Waals surface area contributed by atoms with E-state index in [2.05, 4.69) is 4.74 Å². The van der Waals surface area contributed by atoms with E-state index in [-0.39, 0.29) is 25.1 Å². The Morgan fingerprint density at radius 1 is 1.89 bits per heavy atom. The molecule has 0 aliphatic rings. The second-order valence-corrected chi connectivity index (χ2v) is 1.55. The van der Waals surface area contributed by atoms with Crippen molar-refractivity contribution in [3.05, 3.63) is 0 Å². The van der Waals surface area contributed by atoms with Crippen molar-refractivity contribution >= 4 is 18.6 Å². The van der Waals surface area contributed by atoms with Gasteiger partial charge in [-0.05, 0) is 6.92 Å². The van der Waals surface area contributed by atoms with E-state index in [0.29, 0.717) is 0 Å². The summed E-state index contributed by atoms with van der Waals surface area (Å²) in [6.07, 6.45) is -1.28. The van der Waals surface area contributed by atoms with Gasteiger partial charge in [0.05, 0.1) is 0 Å². The van der Waals surface area contributed by atoms with Gasteiger partial charge in [-0.3, -0.25) is 0 Å². The Balaban J connectivity index is 0. The lowest BCUT2D eigenvalue weighted by Gasteiger charge is -2.01. The standard InChI is InChI=1S/C4H9NO3.ClH/c1-3(5)2-8-4(6)7;/h3H,2,5H2,1H3,(H,6,7);1H. The fraction of sp³-hybridized carbons (Fsp3) is 0.750. The van der Waals surface area contributed by atoms with Crippen LogP contribution in [-0.2, 0) is 4.74 Å². The molecule has 0 saturated heterocycles. The zero-order valence-electron chi connectivity index (χ0n) is 5.03. The fourth-order valence-electron chi connectivity index (χ4n) is 0.203. The molecule has 0 aromatic heterocycles. The van der Waals surface area contributed by atoms with E-state index < -0.39 is 6.16 Å². The summed E-state index contributed by atoms with van der Waals surface area (Å²) in [5.74, 6) is 0. The Hall–Kier alpha value is -0.480. The van der Waals surface area contributed by atoms with Crippen molar-refractivity contribution in [2.45, 2.75) is 13.0 Å². The SMILES string of the molecule is CC(N)COC(=O)O.Cl. The predicted octanol–water partition coefficient (Wildman–Crippen LogP) is 0.450. The van der Waals surface area contributed by atoms with Gasteiger partial charge in [-0.2, -0.15) is 0 Å². The van der Waals surface area contributed by atoms with E-state index in [4.69, 9.17) is 10.8 Å². The molecule has 0 aliphatic heterocycles. The summed E-state index contributed by atoms with van der Waals surface area (Å²) in [5.41, 5.74) is 5.15. The van der Waals surface area contributed by atoms with Crippen molar-refractivity contribution in [1.82, 2.24) is 0 Å². The topological polar surface area (TPSA) is 72.5 Å². The van der Waals surface area contributed by atoms with Crippen molar-refractivity contribution < 1.29 is 14.6 Å². The van der Waals surface area contributed by atoms with Crippen LogP contribution in [0.25, 0.3) is 0 Å². The second kappa shape index (κ2) is 5.65. The largest absolute Gasteiger partial charge is 0.505 e. The minimum absolute atomic E-state index is 0. The van der Waals surface area contributed by atoms with Crippen molar-refractivity contribution in [2.75, 3.05) is 6.61 Å². The van der Waals surface area contributed by atoms with Gasteiger partial charge >= 0.3 is 6.16 Å². The molecule has 9 heavy (non-hydrogen) atoms. The zero-order chi connectivity index (χ0) is 6.57. The summed E-state index contributed by atoms with van der Waals surface area (Å²) in [6.45, 7) is 1.73. The van der Waals surface area contributed by atoms with E-state index in [1.807, 2.05) is 0 Å². The molecule has 1 atom stereocenters. The molecule has 0 aromatic carbocycles. The second-order valence-electron chi connectivity index (χ2n) is 1.55. The molecule has 0 radical (unpaired) electrons. The number of hydrogen-bond donors (Lipinski definition) is 2. The van der Waals surface area contributed by atoms with Gasteiger partial charge in [-0.25, -0.2) is 4.79 Å². The monoisotopic (exact) mass is 155 g/mol. The molecule has 0 bridgehead atoms. The van der Waals surface area contributed by atoms with E-state index in [0.717, 1.165) is 0 Å². The number of hydrogen-bond acceptors (Lipinski definition) is 3. The highest BCUT2D eigenvalue weighted by Crippen LogP contribution is 1.78. The highest BCUT2D eigenvalue weighted by molar-refractivity contribution is 5.85. The summed E-state index contributed by atoms with van der Waals surface area (Å²) < 4.78 is 4.09. The van der Waals surface area contributed by atoms with Gasteiger partial charge in [0, 0.05) is 6.04 Å². The molecule has 0 aliphatic carbocycles. The molecule has 4 nitrogen and oxygen atoms in total. The van der Waals surface area contributed by atoms with Crippen molar-refractivity contribution in [3.8, 4) is 0 Å². The van der Waals surface area contributed by atoms with Crippen LogP contribution in [0.4, 0.5) is 4.79 Å². The van der Waals surface area contributed by atoms with Crippen LogP contribution < -0.4 is 5.73 Å². The lowest BCUT2D eigenvalue weighted by atomic mass is 10.4. The third-order valence-electron chi connectivity index (χ3n) is 0.470. The smallest absolute Gasteiger partial charge is 0.450 e. The summed E-state index contributed by atoms with van der Waals surface area (Å²) >= 11 is 0. The van der Waals surface area contributed by atoms with Gasteiger partial charge < -0.3 is 15.6 Å². The first-order valence-electron chi connectivity index (χ1n) is 2.24. The maximum atomic E-state index is 9.63. The average molecular weight is 156 g/mol. The molecule has 0 saturated carbocycles. The van der Waals surface area contributed by atoms with Crippen molar-refractivity contribution in [1.29, 1.82) is 0 Å². The summed E-state index contributed by atoms with van der Waals surface area (Å²) in [6, 6.07) is -0.217. The quantitative estimate of drug-likeness (QED) is 0.568. The molecular weight excluding hydrogens is 146 g/mol. The zero-order valence-corrected chi connectivity index (χ0v) is 5.85. The molecule has 1 unspecified atom stereocenters. The van der Waals surface area contributed by atoms with Crippen LogP contribution in [0.5, 0.6) is 0 Å². The van der Waals surface area contributed by atoms with Crippen molar-refractivity contribution in [2.24, 2.45) is 5.73 Å². The van der Waals surface area contributed by atoms with Gasteiger partial charge in [0.2, 0.25) is 0 Å². The van der Waals surface area contributed by atoms with Crippen LogP contribution in [0.1, 0.15) is 6.92 Å². The van der Waals surface area contributed by atoms with Crippen LogP contribution in [0.15, 0.2) is 0 Å². The number of nitrogens with two attached hydrogens (primary N) is 1. The van der Waals surface area contributed by atoms with Crippen LogP contribution in [-0.4, -0.2) is 23.9 Å². The van der Waals surface area contributed by atoms with E-state index in [1.54, 1.807) is 6.92 Å². The van der Waals surface area contributed by atoms with Crippen LogP contribution in [0, 0.1) is 0 Å².